The second-order valence-electron chi connectivity index (χ2n) is 4.39. The molecule has 0 saturated heterocycles. The van der Waals surface area contributed by atoms with E-state index in [0.717, 1.165) is 21.1 Å². The van der Waals surface area contributed by atoms with Crippen LogP contribution in [0.2, 0.25) is 0 Å². The standard InChI is InChI=1S/C14H11BrFN3/c1-8-2-4-10(16)12(6-8)19-13-7-9(15)3-5-11(13)18-14(19)17/h2-7H,1H3,(H2,17,18). The zero-order valence-corrected chi connectivity index (χ0v) is 11.8. The van der Waals surface area contributed by atoms with E-state index in [9.17, 15) is 4.39 Å². The van der Waals surface area contributed by atoms with Gasteiger partial charge in [0, 0.05) is 4.47 Å². The third kappa shape index (κ3) is 2.00. The Morgan fingerprint density at radius 1 is 1.21 bits per heavy atom. The molecule has 0 unspecified atom stereocenters. The summed E-state index contributed by atoms with van der Waals surface area (Å²) in [7, 11) is 0. The summed E-state index contributed by atoms with van der Waals surface area (Å²) in [4.78, 5) is 4.25. The first-order valence-electron chi connectivity index (χ1n) is 5.76. The van der Waals surface area contributed by atoms with Gasteiger partial charge in [-0.05, 0) is 42.8 Å². The monoisotopic (exact) mass is 319 g/mol. The maximum absolute atomic E-state index is 14.0. The van der Waals surface area contributed by atoms with E-state index >= 15 is 0 Å². The number of imidazole rings is 1. The van der Waals surface area contributed by atoms with Crippen LogP contribution in [0.25, 0.3) is 16.7 Å². The molecule has 0 aliphatic heterocycles. The van der Waals surface area contributed by atoms with Crippen LogP contribution in [0, 0.1) is 12.7 Å². The highest BCUT2D eigenvalue weighted by Gasteiger charge is 2.13. The summed E-state index contributed by atoms with van der Waals surface area (Å²) in [6.45, 7) is 1.91. The maximum atomic E-state index is 14.0. The van der Waals surface area contributed by atoms with E-state index in [-0.39, 0.29) is 11.8 Å². The third-order valence-electron chi connectivity index (χ3n) is 2.99. The summed E-state index contributed by atoms with van der Waals surface area (Å²) in [6, 6.07) is 10.5. The molecule has 0 fully saturated rings. The molecule has 0 spiro atoms. The molecular formula is C14H11BrFN3. The van der Waals surface area contributed by atoms with Gasteiger partial charge < -0.3 is 5.73 Å². The van der Waals surface area contributed by atoms with Gasteiger partial charge in [-0.3, -0.25) is 4.57 Å². The molecule has 1 aromatic heterocycles. The normalized spacial score (nSPS) is 11.1. The molecule has 96 valence electrons. The van der Waals surface area contributed by atoms with Crippen molar-refractivity contribution in [1.82, 2.24) is 9.55 Å². The molecule has 2 aromatic carbocycles. The average molecular weight is 320 g/mol. The highest BCUT2D eigenvalue weighted by atomic mass is 79.9. The van der Waals surface area contributed by atoms with Crippen molar-refractivity contribution in [2.24, 2.45) is 0 Å². The van der Waals surface area contributed by atoms with Crippen molar-refractivity contribution >= 4 is 32.9 Å². The van der Waals surface area contributed by atoms with Crippen LogP contribution in [0.3, 0.4) is 0 Å². The largest absolute Gasteiger partial charge is 0.369 e. The Bertz CT molecular complexity index is 780. The predicted octanol–water partition coefficient (Wildman–Crippen LogP) is 3.82. The van der Waals surface area contributed by atoms with E-state index in [1.54, 1.807) is 16.7 Å². The van der Waals surface area contributed by atoms with Crippen LogP contribution in [-0.2, 0) is 0 Å². The van der Waals surface area contributed by atoms with E-state index in [2.05, 4.69) is 20.9 Å². The van der Waals surface area contributed by atoms with Gasteiger partial charge in [0.2, 0.25) is 5.95 Å². The minimum atomic E-state index is -0.323. The SMILES string of the molecule is Cc1ccc(F)c(-n2c(N)nc3ccc(Br)cc32)c1. The quantitative estimate of drug-likeness (QED) is 0.741. The number of hydrogen-bond donors (Lipinski definition) is 1. The molecule has 3 aromatic rings. The summed E-state index contributed by atoms with van der Waals surface area (Å²) in [6.07, 6.45) is 0. The van der Waals surface area contributed by atoms with Crippen LogP contribution >= 0.6 is 15.9 Å². The number of nitrogen functional groups attached to an aromatic ring is 1. The molecule has 0 atom stereocenters. The van der Waals surface area contributed by atoms with Crippen molar-refractivity contribution < 1.29 is 4.39 Å². The first kappa shape index (κ1) is 12.2. The number of aromatic nitrogens is 2. The van der Waals surface area contributed by atoms with Crippen molar-refractivity contribution in [3.05, 3.63) is 52.3 Å². The Hall–Kier alpha value is -1.88. The molecule has 19 heavy (non-hydrogen) atoms. The lowest BCUT2D eigenvalue weighted by atomic mass is 10.2. The summed E-state index contributed by atoms with van der Waals surface area (Å²) < 4.78 is 16.6. The third-order valence-corrected chi connectivity index (χ3v) is 3.48. The highest BCUT2D eigenvalue weighted by molar-refractivity contribution is 9.10. The predicted molar refractivity (Wildman–Crippen MR) is 77.9 cm³/mol. The molecule has 1 heterocycles. The molecule has 0 aliphatic rings. The molecule has 0 bridgehead atoms. The minimum absolute atomic E-state index is 0.276. The Kier molecular flexibility index (Phi) is 2.78. The zero-order valence-electron chi connectivity index (χ0n) is 10.2. The summed E-state index contributed by atoms with van der Waals surface area (Å²) >= 11 is 3.41. The fourth-order valence-corrected chi connectivity index (χ4v) is 2.46. The van der Waals surface area contributed by atoms with Gasteiger partial charge in [0.15, 0.2) is 0 Å². The summed E-state index contributed by atoms with van der Waals surface area (Å²) in [5.74, 6) is -0.0471. The molecule has 0 radical (unpaired) electrons. The van der Waals surface area contributed by atoms with Crippen LogP contribution in [0.15, 0.2) is 40.9 Å². The van der Waals surface area contributed by atoms with Crippen molar-refractivity contribution in [1.29, 1.82) is 0 Å². The van der Waals surface area contributed by atoms with Gasteiger partial charge in [-0.25, -0.2) is 9.37 Å². The Labute approximate surface area is 118 Å². The number of nitrogens with two attached hydrogens (primary N) is 1. The number of halogens is 2. The van der Waals surface area contributed by atoms with Gasteiger partial charge in [-0.1, -0.05) is 22.0 Å². The van der Waals surface area contributed by atoms with E-state index in [1.807, 2.05) is 25.1 Å². The van der Waals surface area contributed by atoms with E-state index in [0.29, 0.717) is 5.69 Å². The maximum Gasteiger partial charge on any atom is 0.206 e. The number of aryl methyl sites for hydroxylation is 1. The first-order chi connectivity index (χ1) is 9.06. The van der Waals surface area contributed by atoms with Crippen LogP contribution in [-0.4, -0.2) is 9.55 Å². The number of fused-ring (bicyclic) bond motifs is 1. The lowest BCUT2D eigenvalue weighted by molar-refractivity contribution is 0.619. The Balaban J connectivity index is 2.38. The first-order valence-corrected chi connectivity index (χ1v) is 6.55. The second kappa shape index (κ2) is 4.35. The second-order valence-corrected chi connectivity index (χ2v) is 5.31. The summed E-state index contributed by atoms with van der Waals surface area (Å²) in [5, 5.41) is 0. The van der Waals surface area contributed by atoms with Crippen molar-refractivity contribution in [3.8, 4) is 5.69 Å². The molecule has 0 aliphatic carbocycles. The zero-order chi connectivity index (χ0) is 13.6. The minimum Gasteiger partial charge on any atom is -0.369 e. The summed E-state index contributed by atoms with van der Waals surface area (Å²) in [5.41, 5.74) is 8.82. The van der Waals surface area contributed by atoms with E-state index < -0.39 is 0 Å². The van der Waals surface area contributed by atoms with Crippen molar-refractivity contribution in [3.63, 3.8) is 0 Å². The molecule has 0 amide bonds. The topological polar surface area (TPSA) is 43.8 Å². The lowest BCUT2D eigenvalue weighted by Crippen LogP contribution is -2.03. The van der Waals surface area contributed by atoms with Gasteiger partial charge in [0.05, 0.1) is 16.7 Å². The van der Waals surface area contributed by atoms with Gasteiger partial charge in [0.25, 0.3) is 0 Å². The fourth-order valence-electron chi connectivity index (χ4n) is 2.11. The smallest absolute Gasteiger partial charge is 0.206 e. The highest BCUT2D eigenvalue weighted by Crippen LogP contribution is 2.27. The average Bonchev–Trinajstić information content (AvgIpc) is 2.68. The van der Waals surface area contributed by atoms with Gasteiger partial charge >= 0.3 is 0 Å². The van der Waals surface area contributed by atoms with Crippen LogP contribution in [0.5, 0.6) is 0 Å². The van der Waals surface area contributed by atoms with E-state index in [1.165, 1.54) is 6.07 Å². The van der Waals surface area contributed by atoms with Gasteiger partial charge in [-0.2, -0.15) is 0 Å². The molecule has 3 rings (SSSR count). The van der Waals surface area contributed by atoms with Crippen LogP contribution in [0.4, 0.5) is 10.3 Å². The van der Waals surface area contributed by atoms with E-state index in [4.69, 9.17) is 5.73 Å². The van der Waals surface area contributed by atoms with Gasteiger partial charge in [0.1, 0.15) is 5.82 Å². The lowest BCUT2D eigenvalue weighted by Gasteiger charge is -2.09. The van der Waals surface area contributed by atoms with Crippen molar-refractivity contribution in [2.45, 2.75) is 6.92 Å². The Morgan fingerprint density at radius 2 is 2.00 bits per heavy atom. The van der Waals surface area contributed by atoms with Crippen molar-refractivity contribution in [2.75, 3.05) is 5.73 Å². The number of benzene rings is 2. The van der Waals surface area contributed by atoms with Gasteiger partial charge in [-0.15, -0.1) is 0 Å². The molecule has 0 saturated carbocycles. The molecule has 3 nitrogen and oxygen atoms in total. The molecule has 5 heteroatoms. The van der Waals surface area contributed by atoms with Crippen LogP contribution in [0.1, 0.15) is 5.56 Å². The fraction of sp³-hybridized carbons (Fsp3) is 0.0714. The van der Waals surface area contributed by atoms with Crippen LogP contribution < -0.4 is 5.73 Å². The molecule has 2 N–H and O–H groups in total. The molecular weight excluding hydrogens is 309 g/mol. The number of nitrogens with zero attached hydrogens (tertiary/aromatic N) is 2. The number of anilines is 1. The Morgan fingerprint density at radius 3 is 2.79 bits per heavy atom. The number of rotatable bonds is 1. The number of hydrogen-bond acceptors (Lipinski definition) is 2.